The van der Waals surface area contributed by atoms with Crippen molar-refractivity contribution in [1.29, 1.82) is 0 Å². The highest BCUT2D eigenvalue weighted by atomic mass is 16.5. The van der Waals surface area contributed by atoms with Crippen LogP contribution in [0.4, 0.5) is 0 Å². The van der Waals surface area contributed by atoms with E-state index in [2.05, 4.69) is 15.5 Å². The van der Waals surface area contributed by atoms with E-state index in [-0.39, 0.29) is 12.1 Å². The van der Waals surface area contributed by atoms with Gasteiger partial charge in [0, 0.05) is 20.3 Å². The number of nitrogens with one attached hydrogen (secondary N) is 1. The van der Waals surface area contributed by atoms with E-state index in [1.807, 2.05) is 20.8 Å². The van der Waals surface area contributed by atoms with Gasteiger partial charge in [0.1, 0.15) is 5.60 Å². The highest BCUT2D eigenvalue weighted by molar-refractivity contribution is 5.02. The molecule has 1 saturated heterocycles. The average Bonchev–Trinajstić information content (AvgIpc) is 2.98. The summed E-state index contributed by atoms with van der Waals surface area (Å²) in [6.45, 7) is 7.25. The molecule has 2 unspecified atom stereocenters. The van der Waals surface area contributed by atoms with E-state index in [0.29, 0.717) is 18.3 Å². The Labute approximate surface area is 107 Å². The number of aromatic nitrogens is 2. The highest BCUT2D eigenvalue weighted by Gasteiger charge is 2.32. The van der Waals surface area contributed by atoms with Gasteiger partial charge in [-0.2, -0.15) is 4.98 Å². The van der Waals surface area contributed by atoms with Gasteiger partial charge in [-0.25, -0.2) is 0 Å². The standard InChI is InChI=1S/C12H21N3O3/c1-5-17-12(2,3)11-14-10(18-15-11)9-6-8(16-4)7-13-9/h8-9,13H,5-7H2,1-4H3. The molecular formula is C12H21N3O3. The summed E-state index contributed by atoms with van der Waals surface area (Å²) in [7, 11) is 1.71. The van der Waals surface area contributed by atoms with Crippen LogP contribution in [0.2, 0.25) is 0 Å². The molecule has 2 rings (SSSR count). The lowest BCUT2D eigenvalue weighted by Crippen LogP contribution is -2.23. The fourth-order valence-electron chi connectivity index (χ4n) is 2.12. The largest absolute Gasteiger partial charge is 0.380 e. The lowest BCUT2D eigenvalue weighted by Gasteiger charge is -2.19. The maximum absolute atomic E-state index is 5.60. The lowest BCUT2D eigenvalue weighted by atomic mass is 10.1. The number of ether oxygens (including phenoxy) is 2. The highest BCUT2D eigenvalue weighted by Crippen LogP contribution is 2.27. The molecule has 1 aliphatic heterocycles. The molecule has 2 heterocycles. The zero-order valence-corrected chi connectivity index (χ0v) is 11.4. The minimum absolute atomic E-state index is 0.0774. The zero-order valence-electron chi connectivity index (χ0n) is 11.4. The molecule has 102 valence electrons. The van der Waals surface area contributed by atoms with Crippen LogP contribution in [0, 0.1) is 0 Å². The van der Waals surface area contributed by atoms with Crippen LogP contribution in [-0.4, -0.2) is 36.5 Å². The summed E-state index contributed by atoms with van der Waals surface area (Å²) in [5, 5.41) is 7.32. The van der Waals surface area contributed by atoms with Gasteiger partial charge in [0.25, 0.3) is 0 Å². The molecule has 2 atom stereocenters. The topological polar surface area (TPSA) is 69.4 Å². The fraction of sp³-hybridized carbons (Fsp3) is 0.833. The summed E-state index contributed by atoms with van der Waals surface area (Å²) in [4.78, 5) is 4.43. The Balaban J connectivity index is 2.07. The summed E-state index contributed by atoms with van der Waals surface area (Å²) >= 11 is 0. The molecule has 1 N–H and O–H groups in total. The van der Waals surface area contributed by atoms with Crippen molar-refractivity contribution in [2.45, 2.75) is 44.9 Å². The third-order valence-electron chi connectivity index (χ3n) is 3.21. The van der Waals surface area contributed by atoms with Crippen molar-refractivity contribution >= 4 is 0 Å². The Morgan fingerprint density at radius 1 is 1.50 bits per heavy atom. The first kappa shape index (κ1) is 13.5. The SMILES string of the molecule is CCOC(C)(C)c1noc(C2CC(OC)CN2)n1. The van der Waals surface area contributed by atoms with Gasteiger partial charge in [0.05, 0.1) is 12.1 Å². The van der Waals surface area contributed by atoms with Gasteiger partial charge in [-0.05, 0) is 27.2 Å². The number of rotatable bonds is 5. The molecule has 0 saturated carbocycles. The average molecular weight is 255 g/mol. The molecule has 0 amide bonds. The van der Waals surface area contributed by atoms with E-state index in [0.717, 1.165) is 13.0 Å². The maximum Gasteiger partial charge on any atom is 0.243 e. The molecule has 0 bridgehead atoms. The molecule has 6 nitrogen and oxygen atoms in total. The second-order valence-electron chi connectivity index (χ2n) is 4.95. The molecular weight excluding hydrogens is 234 g/mol. The first-order chi connectivity index (χ1) is 8.56. The molecule has 0 aliphatic carbocycles. The molecule has 18 heavy (non-hydrogen) atoms. The van der Waals surface area contributed by atoms with Crippen LogP contribution < -0.4 is 5.32 Å². The van der Waals surface area contributed by atoms with Gasteiger partial charge in [-0.1, -0.05) is 5.16 Å². The van der Waals surface area contributed by atoms with Gasteiger partial charge in [0.15, 0.2) is 0 Å². The molecule has 1 aromatic heterocycles. The molecule has 0 spiro atoms. The summed E-state index contributed by atoms with van der Waals surface area (Å²) in [5.41, 5.74) is -0.518. The van der Waals surface area contributed by atoms with E-state index in [1.54, 1.807) is 7.11 Å². The van der Waals surface area contributed by atoms with Crippen LogP contribution in [0.1, 0.15) is 44.9 Å². The van der Waals surface area contributed by atoms with Crippen molar-refractivity contribution < 1.29 is 14.0 Å². The predicted octanol–water partition coefficient (Wildman–Crippen LogP) is 1.39. The smallest absolute Gasteiger partial charge is 0.243 e. The number of methoxy groups -OCH3 is 1. The fourth-order valence-corrected chi connectivity index (χ4v) is 2.12. The Kier molecular flexibility index (Phi) is 3.99. The predicted molar refractivity (Wildman–Crippen MR) is 65.1 cm³/mol. The Bertz CT molecular complexity index is 392. The van der Waals surface area contributed by atoms with E-state index in [1.165, 1.54) is 0 Å². The lowest BCUT2D eigenvalue weighted by molar-refractivity contribution is -0.0221. The van der Waals surface area contributed by atoms with Crippen molar-refractivity contribution in [3.8, 4) is 0 Å². The van der Waals surface area contributed by atoms with Gasteiger partial charge >= 0.3 is 0 Å². The van der Waals surface area contributed by atoms with Crippen LogP contribution in [0.25, 0.3) is 0 Å². The van der Waals surface area contributed by atoms with E-state index >= 15 is 0 Å². The van der Waals surface area contributed by atoms with Gasteiger partial charge in [0.2, 0.25) is 11.7 Å². The first-order valence-corrected chi connectivity index (χ1v) is 6.31. The van der Waals surface area contributed by atoms with Crippen LogP contribution >= 0.6 is 0 Å². The molecule has 1 aromatic rings. The minimum atomic E-state index is -0.518. The van der Waals surface area contributed by atoms with Gasteiger partial charge in [-0.15, -0.1) is 0 Å². The van der Waals surface area contributed by atoms with Crippen LogP contribution in [0.15, 0.2) is 4.52 Å². The molecule has 0 aromatic carbocycles. The summed E-state index contributed by atoms with van der Waals surface area (Å²) in [6.07, 6.45) is 1.07. The molecule has 1 aliphatic rings. The van der Waals surface area contributed by atoms with Crippen LogP contribution in [0.3, 0.4) is 0 Å². The van der Waals surface area contributed by atoms with Crippen LogP contribution in [-0.2, 0) is 15.1 Å². The Hall–Kier alpha value is -0.980. The van der Waals surface area contributed by atoms with Crippen LogP contribution in [0.5, 0.6) is 0 Å². The van der Waals surface area contributed by atoms with E-state index in [9.17, 15) is 0 Å². The summed E-state index contributed by atoms with van der Waals surface area (Å²) in [6, 6.07) is 0.0774. The van der Waals surface area contributed by atoms with Gasteiger partial charge in [-0.3, -0.25) is 0 Å². The monoisotopic (exact) mass is 255 g/mol. The van der Waals surface area contributed by atoms with Crippen molar-refractivity contribution in [1.82, 2.24) is 15.5 Å². The summed E-state index contributed by atoms with van der Waals surface area (Å²) < 4.78 is 16.2. The second-order valence-corrected chi connectivity index (χ2v) is 4.95. The second kappa shape index (κ2) is 5.34. The minimum Gasteiger partial charge on any atom is -0.380 e. The van der Waals surface area contributed by atoms with E-state index < -0.39 is 5.60 Å². The molecule has 0 radical (unpaired) electrons. The van der Waals surface area contributed by atoms with Gasteiger partial charge < -0.3 is 19.3 Å². The van der Waals surface area contributed by atoms with E-state index in [4.69, 9.17) is 14.0 Å². The molecule has 1 fully saturated rings. The quantitative estimate of drug-likeness (QED) is 0.857. The van der Waals surface area contributed by atoms with Crippen molar-refractivity contribution in [2.24, 2.45) is 0 Å². The number of hydrogen-bond donors (Lipinski definition) is 1. The number of hydrogen-bond acceptors (Lipinski definition) is 6. The maximum atomic E-state index is 5.60. The zero-order chi connectivity index (χ0) is 13.2. The normalized spacial score (nSPS) is 24.7. The Morgan fingerprint density at radius 2 is 2.28 bits per heavy atom. The van der Waals surface area contributed by atoms with Crippen molar-refractivity contribution in [3.05, 3.63) is 11.7 Å². The summed E-state index contributed by atoms with van der Waals surface area (Å²) in [5.74, 6) is 1.19. The molecule has 6 heteroatoms. The van der Waals surface area contributed by atoms with Crippen molar-refractivity contribution in [2.75, 3.05) is 20.3 Å². The third kappa shape index (κ3) is 2.71. The Morgan fingerprint density at radius 3 is 2.89 bits per heavy atom. The number of nitrogens with zero attached hydrogens (tertiary/aromatic N) is 2. The van der Waals surface area contributed by atoms with Crippen molar-refractivity contribution in [3.63, 3.8) is 0 Å². The third-order valence-corrected chi connectivity index (χ3v) is 3.21. The first-order valence-electron chi connectivity index (χ1n) is 6.31.